The van der Waals surface area contributed by atoms with Gasteiger partial charge in [0.05, 0.1) is 19.6 Å². The zero-order valence-corrected chi connectivity index (χ0v) is 36.2. The molecule has 14 N–H and O–H groups in total. The van der Waals surface area contributed by atoms with Crippen LogP contribution in [0.5, 0.6) is 0 Å². The second kappa shape index (κ2) is 26.8. The van der Waals surface area contributed by atoms with Crippen molar-refractivity contribution >= 4 is 65.9 Å². The van der Waals surface area contributed by atoms with Crippen molar-refractivity contribution in [2.45, 2.75) is 116 Å². The van der Waals surface area contributed by atoms with Crippen molar-refractivity contribution in [2.24, 2.45) is 29.2 Å². The van der Waals surface area contributed by atoms with Gasteiger partial charge in [0, 0.05) is 12.2 Å². The molecule has 1 rings (SSSR count). The highest BCUT2D eigenvalue weighted by Gasteiger charge is 2.36. The molecule has 0 aromatic heterocycles. The average molecular weight is 882 g/mol. The summed E-state index contributed by atoms with van der Waals surface area (Å²) in [6.07, 6.45) is -0.270. The third kappa shape index (κ3) is 18.5. The highest BCUT2D eigenvalue weighted by molar-refractivity contribution is 7.80. The van der Waals surface area contributed by atoms with Gasteiger partial charge in [0.15, 0.2) is 0 Å². The van der Waals surface area contributed by atoms with Gasteiger partial charge < -0.3 is 64.0 Å². The van der Waals surface area contributed by atoms with Crippen molar-refractivity contribution in [1.82, 2.24) is 37.2 Å². The van der Waals surface area contributed by atoms with Gasteiger partial charge in [-0.15, -0.1) is 0 Å². The Morgan fingerprint density at radius 3 is 1.59 bits per heavy atom. The van der Waals surface area contributed by atoms with E-state index in [0.29, 0.717) is 12.0 Å². The van der Waals surface area contributed by atoms with Crippen molar-refractivity contribution in [3.63, 3.8) is 0 Å². The number of benzene rings is 1. The summed E-state index contributed by atoms with van der Waals surface area (Å²) in [5, 5.41) is 46.1. The molecule has 61 heavy (non-hydrogen) atoms. The van der Waals surface area contributed by atoms with Gasteiger partial charge in [-0.3, -0.25) is 38.4 Å². The van der Waals surface area contributed by atoms with E-state index in [-0.39, 0.29) is 24.5 Å². The summed E-state index contributed by atoms with van der Waals surface area (Å²) in [4.78, 5) is 117. The van der Waals surface area contributed by atoms with E-state index in [2.05, 4.69) is 49.8 Å². The molecule has 8 amide bonds. The normalized spacial score (nSPS) is 15.6. The molecule has 0 aliphatic heterocycles. The number of aliphatic carboxylic acids is 1. The minimum atomic E-state index is -1.63. The fraction of sp³-hybridized carbons (Fsp3) is 0.615. The Balaban J connectivity index is 3.16. The van der Waals surface area contributed by atoms with Crippen LogP contribution in [-0.2, 0) is 49.6 Å². The van der Waals surface area contributed by atoms with Crippen LogP contribution in [0.4, 0.5) is 0 Å². The van der Waals surface area contributed by atoms with Crippen LogP contribution in [0.1, 0.15) is 66.4 Å². The van der Waals surface area contributed by atoms with Gasteiger partial charge in [0.25, 0.3) is 0 Å². The Kier molecular flexibility index (Phi) is 23.6. The molecule has 0 fully saturated rings. The lowest BCUT2D eigenvalue weighted by atomic mass is 9.97. The average Bonchev–Trinajstić information content (AvgIpc) is 3.20. The maximum absolute atomic E-state index is 13.6. The van der Waals surface area contributed by atoms with E-state index >= 15 is 0 Å². The number of nitrogens with two attached hydrogens (primary N) is 2. The first kappa shape index (κ1) is 53.7. The SMILES string of the molecule is CC[C@H](C)[C@H](NC(=O)[C@H](CO)NC(=O)[C@H](CS)NC(=O)[C@H](CC(C)C)NC(=O)[C@@H](NC(=O)[C@H](CC(N)=O)NC(=O)[C@@H](N)CO)C(C)C)C(=O)N[C@@H](Cc1ccccc1)C(=O)O. The van der Waals surface area contributed by atoms with Crippen LogP contribution in [0.3, 0.4) is 0 Å². The summed E-state index contributed by atoms with van der Waals surface area (Å²) in [6.45, 7) is 8.38. The van der Waals surface area contributed by atoms with Gasteiger partial charge in [0.2, 0.25) is 47.3 Å². The van der Waals surface area contributed by atoms with Crippen LogP contribution < -0.4 is 48.7 Å². The largest absolute Gasteiger partial charge is 0.480 e. The summed E-state index contributed by atoms with van der Waals surface area (Å²) < 4.78 is 0. The van der Waals surface area contributed by atoms with Gasteiger partial charge in [-0.05, 0) is 29.7 Å². The number of carboxylic acids is 1. The molecule has 0 saturated heterocycles. The van der Waals surface area contributed by atoms with E-state index in [4.69, 9.17) is 11.5 Å². The quantitative estimate of drug-likeness (QED) is 0.0384. The Morgan fingerprint density at radius 2 is 1.10 bits per heavy atom. The van der Waals surface area contributed by atoms with Gasteiger partial charge in [-0.2, -0.15) is 12.6 Å². The summed E-state index contributed by atoms with van der Waals surface area (Å²) in [7, 11) is 0. The molecule has 0 aliphatic carbocycles. The van der Waals surface area contributed by atoms with Crippen LogP contribution in [0.15, 0.2) is 30.3 Å². The zero-order chi connectivity index (χ0) is 46.6. The molecule has 342 valence electrons. The molecule has 1 aromatic rings. The van der Waals surface area contributed by atoms with Crippen LogP contribution in [0, 0.1) is 17.8 Å². The number of thiol groups is 1. The van der Waals surface area contributed by atoms with E-state index in [1.54, 1.807) is 71.9 Å². The fourth-order valence-corrected chi connectivity index (χ4v) is 5.98. The highest BCUT2D eigenvalue weighted by Crippen LogP contribution is 2.12. The molecule has 21 nitrogen and oxygen atoms in total. The molecule has 0 aliphatic rings. The first-order valence-corrected chi connectivity index (χ1v) is 20.5. The fourth-order valence-electron chi connectivity index (χ4n) is 5.73. The molecule has 1 aromatic carbocycles. The number of nitrogens with one attached hydrogen (secondary N) is 7. The number of carbonyl (C=O) groups excluding carboxylic acids is 8. The predicted octanol–water partition coefficient (Wildman–Crippen LogP) is -3.43. The Hall–Kier alpha value is -5.32. The second-order valence-corrected chi connectivity index (χ2v) is 15.8. The number of hydrogen-bond donors (Lipinski definition) is 13. The smallest absolute Gasteiger partial charge is 0.326 e. The molecule has 0 heterocycles. The molecular formula is C39H63N9O12S. The van der Waals surface area contributed by atoms with Gasteiger partial charge in [0.1, 0.15) is 48.3 Å². The molecule has 22 heteroatoms. The number of aliphatic hydroxyl groups excluding tert-OH is 2. The van der Waals surface area contributed by atoms with E-state index in [0.717, 1.165) is 0 Å². The molecule has 0 unspecified atom stereocenters. The number of carbonyl (C=O) groups is 9. The number of amides is 8. The summed E-state index contributed by atoms with van der Waals surface area (Å²) in [5.41, 5.74) is 11.4. The molecule has 9 atom stereocenters. The van der Waals surface area contributed by atoms with Crippen LogP contribution >= 0.6 is 12.6 Å². The Bertz CT molecular complexity index is 1670. The monoisotopic (exact) mass is 881 g/mol. The first-order valence-electron chi connectivity index (χ1n) is 19.9. The molecule has 0 bridgehead atoms. The van der Waals surface area contributed by atoms with E-state index in [1.165, 1.54) is 0 Å². The maximum atomic E-state index is 13.6. The standard InChI is InChI=1S/C39H63N9O12S/c1-7-21(6)31(38(58)44-26(39(59)60)14-22-11-9-8-10-12-22)48-35(55)27(17-50)45-36(56)28(18-61)46-33(53)24(13-19(2)3)43-37(57)30(20(4)5)47-34(54)25(15-29(41)51)42-32(52)23(40)16-49/h8-12,19-21,23-28,30-31,49-50,61H,7,13-18,40H2,1-6H3,(H2,41,51)(H,42,52)(H,43,57)(H,44,58)(H,45,56)(H,46,53)(H,47,54)(H,48,55)(H,59,60)/t21-,23-,24-,25-,26-,27-,28-,30-,31-/m0/s1. The van der Waals surface area contributed by atoms with Gasteiger partial charge >= 0.3 is 5.97 Å². The third-order valence-electron chi connectivity index (χ3n) is 9.48. The van der Waals surface area contributed by atoms with Crippen molar-refractivity contribution in [3.8, 4) is 0 Å². The molecule has 0 radical (unpaired) electrons. The van der Waals surface area contributed by atoms with Crippen molar-refractivity contribution < 1.29 is 58.5 Å². The number of hydrogen-bond acceptors (Lipinski definition) is 13. The Labute approximate surface area is 360 Å². The van der Waals surface area contributed by atoms with E-state index < -0.39 is 133 Å². The van der Waals surface area contributed by atoms with E-state index in [1.807, 2.05) is 0 Å². The Morgan fingerprint density at radius 1 is 0.623 bits per heavy atom. The summed E-state index contributed by atoms with van der Waals surface area (Å²) in [6, 6.07) is -2.62. The third-order valence-corrected chi connectivity index (χ3v) is 9.85. The van der Waals surface area contributed by atoms with E-state index in [9.17, 15) is 58.5 Å². The lowest BCUT2D eigenvalue weighted by Gasteiger charge is -2.29. The molecule has 0 spiro atoms. The predicted molar refractivity (Wildman–Crippen MR) is 225 cm³/mol. The molecular weight excluding hydrogens is 819 g/mol. The maximum Gasteiger partial charge on any atom is 0.326 e. The van der Waals surface area contributed by atoms with Crippen molar-refractivity contribution in [1.29, 1.82) is 0 Å². The van der Waals surface area contributed by atoms with Gasteiger partial charge in [-0.25, -0.2) is 4.79 Å². The highest BCUT2D eigenvalue weighted by atomic mass is 32.1. The first-order chi connectivity index (χ1) is 28.6. The van der Waals surface area contributed by atoms with Crippen LogP contribution in [0.2, 0.25) is 0 Å². The summed E-state index contributed by atoms with van der Waals surface area (Å²) in [5.74, 6) is -10.2. The van der Waals surface area contributed by atoms with Crippen LogP contribution in [-0.4, -0.2) is 136 Å². The minimum Gasteiger partial charge on any atom is -0.480 e. The van der Waals surface area contributed by atoms with Crippen molar-refractivity contribution in [2.75, 3.05) is 19.0 Å². The number of carboxylic acid groups (broad SMARTS) is 1. The topological polar surface area (TPSA) is 351 Å². The zero-order valence-electron chi connectivity index (χ0n) is 35.3. The second-order valence-electron chi connectivity index (χ2n) is 15.4. The van der Waals surface area contributed by atoms with Crippen LogP contribution in [0.25, 0.3) is 0 Å². The van der Waals surface area contributed by atoms with Crippen molar-refractivity contribution in [3.05, 3.63) is 35.9 Å². The lowest BCUT2D eigenvalue weighted by Crippen LogP contribution is -2.62. The number of primary amides is 1. The number of rotatable bonds is 27. The summed E-state index contributed by atoms with van der Waals surface area (Å²) >= 11 is 4.17. The van der Waals surface area contributed by atoms with Gasteiger partial charge in [-0.1, -0.05) is 78.3 Å². The molecule has 0 saturated carbocycles. The minimum absolute atomic E-state index is 0.0335. The number of aliphatic hydroxyl groups is 2. The lowest BCUT2D eigenvalue weighted by molar-refractivity contribution is -0.142.